The molecule has 1 amide bonds. The van der Waals surface area contributed by atoms with Gasteiger partial charge in [-0.2, -0.15) is 0 Å². The third-order valence-corrected chi connectivity index (χ3v) is 6.83. The number of nitrogens with one attached hydrogen (secondary N) is 1. The van der Waals surface area contributed by atoms with Gasteiger partial charge >= 0.3 is 0 Å². The van der Waals surface area contributed by atoms with Gasteiger partial charge < -0.3 is 20.7 Å². The van der Waals surface area contributed by atoms with E-state index in [4.69, 9.17) is 15.5 Å². The third kappa shape index (κ3) is 4.12. The van der Waals surface area contributed by atoms with E-state index >= 15 is 0 Å². The van der Waals surface area contributed by atoms with Crippen molar-refractivity contribution in [2.24, 2.45) is 16.6 Å². The number of halogens is 1. The van der Waals surface area contributed by atoms with Crippen LogP contribution >= 0.6 is 11.8 Å². The maximum Gasteiger partial charge on any atom is 0.275 e. The number of fused-ring (bicyclic) bond motifs is 1. The van der Waals surface area contributed by atoms with E-state index in [1.54, 1.807) is 6.07 Å². The lowest BCUT2D eigenvalue weighted by Gasteiger charge is -2.34. The van der Waals surface area contributed by atoms with Crippen LogP contribution in [-0.4, -0.2) is 57.0 Å². The van der Waals surface area contributed by atoms with E-state index in [1.807, 2.05) is 23.1 Å². The van der Waals surface area contributed by atoms with Crippen LogP contribution in [0.4, 0.5) is 16.0 Å². The lowest BCUT2D eigenvalue weighted by molar-refractivity contribution is 0.102. The van der Waals surface area contributed by atoms with E-state index in [1.165, 1.54) is 31.3 Å². The van der Waals surface area contributed by atoms with Crippen molar-refractivity contribution >= 4 is 34.5 Å². The van der Waals surface area contributed by atoms with Gasteiger partial charge in [0.15, 0.2) is 11.0 Å². The molecular weight excluding hydrogens is 459 g/mol. The van der Waals surface area contributed by atoms with Crippen molar-refractivity contribution in [3.8, 4) is 5.88 Å². The fourth-order valence-electron chi connectivity index (χ4n) is 4.25. The molecule has 1 fully saturated rings. The summed E-state index contributed by atoms with van der Waals surface area (Å²) in [5, 5.41) is 3.37. The van der Waals surface area contributed by atoms with E-state index in [2.05, 4.69) is 25.3 Å². The Morgan fingerprint density at radius 3 is 2.79 bits per heavy atom. The number of nitrogens with zero attached hydrogens (tertiary/aromatic N) is 6. The number of hydrogen-bond acceptors (Lipinski definition) is 10. The Bertz CT molecular complexity index is 1240. The Morgan fingerprint density at radius 2 is 2.06 bits per heavy atom. The number of benzene rings is 1. The summed E-state index contributed by atoms with van der Waals surface area (Å²) in [6.45, 7) is 1.12. The van der Waals surface area contributed by atoms with Gasteiger partial charge in [-0.25, -0.2) is 29.3 Å². The summed E-state index contributed by atoms with van der Waals surface area (Å²) < 4.78 is 18.3. The van der Waals surface area contributed by atoms with Crippen LogP contribution in [0.5, 0.6) is 5.88 Å². The number of thioether (sulfide) groups is 1. The van der Waals surface area contributed by atoms with Gasteiger partial charge in [0, 0.05) is 23.9 Å². The Morgan fingerprint density at radius 1 is 1.24 bits per heavy atom. The molecule has 10 nitrogen and oxygen atoms in total. The first-order valence-electron chi connectivity index (χ1n) is 10.5. The van der Waals surface area contributed by atoms with Crippen LogP contribution in [0.3, 0.4) is 0 Å². The average molecular weight is 481 g/mol. The number of methoxy groups -OCH3 is 1. The molecule has 4 heterocycles. The molecule has 0 radical (unpaired) electrons. The topological polar surface area (TPSA) is 132 Å². The van der Waals surface area contributed by atoms with Crippen molar-refractivity contribution in [2.45, 2.75) is 5.54 Å². The molecule has 1 saturated heterocycles. The number of anilines is 2. The van der Waals surface area contributed by atoms with Crippen molar-refractivity contribution in [1.82, 2.24) is 19.9 Å². The molecule has 0 bridgehead atoms. The van der Waals surface area contributed by atoms with Gasteiger partial charge in [-0.1, -0.05) is 23.9 Å². The second-order valence-corrected chi connectivity index (χ2v) is 8.98. The van der Waals surface area contributed by atoms with E-state index in [-0.39, 0.29) is 11.6 Å². The zero-order chi connectivity index (χ0) is 23.7. The van der Waals surface area contributed by atoms with E-state index in [9.17, 15) is 9.18 Å². The predicted octanol–water partition coefficient (Wildman–Crippen LogP) is 2.06. The molecule has 2 aliphatic heterocycles. The fourth-order valence-corrected chi connectivity index (χ4v) is 5.23. The molecule has 3 aromatic rings. The van der Waals surface area contributed by atoms with Crippen molar-refractivity contribution in [1.29, 1.82) is 0 Å². The molecule has 2 aromatic heterocycles. The highest BCUT2D eigenvalue weighted by Crippen LogP contribution is 2.46. The number of aromatic nitrogens is 4. The Kier molecular flexibility index (Phi) is 5.74. The maximum absolute atomic E-state index is 13.3. The Labute approximate surface area is 198 Å². The molecule has 3 N–H and O–H groups in total. The summed E-state index contributed by atoms with van der Waals surface area (Å²) in [4.78, 5) is 35.9. The number of amides is 1. The summed E-state index contributed by atoms with van der Waals surface area (Å²) in [5.74, 6) is 0.776. The zero-order valence-corrected chi connectivity index (χ0v) is 19.0. The first kappa shape index (κ1) is 22.0. The molecule has 34 heavy (non-hydrogen) atoms. The van der Waals surface area contributed by atoms with Crippen molar-refractivity contribution in [3.63, 3.8) is 0 Å². The number of amidine groups is 1. The molecule has 1 aromatic carbocycles. The second kappa shape index (κ2) is 8.86. The third-order valence-electron chi connectivity index (χ3n) is 5.87. The van der Waals surface area contributed by atoms with Gasteiger partial charge in [0.25, 0.3) is 5.91 Å². The molecular formula is C22H21FN8O2S. The van der Waals surface area contributed by atoms with E-state index < -0.39 is 17.3 Å². The molecule has 0 spiro atoms. The first-order chi connectivity index (χ1) is 16.5. The molecule has 0 aliphatic carbocycles. The standard InChI is InChI=1S/C22H21FN8O2S/c1-33-18-9-25-17(8-26-18)19(32)29-16-4-2-3-13(5-16)22-12-31(21-27-6-15(23)7-28-21)10-14(22)11-34-20(24)30-22/h2-9,14H,10-12H2,1H3,(H2,24,30)(H,29,32)/t14-,22?/m0/s1. The van der Waals surface area contributed by atoms with Crippen LogP contribution in [0.25, 0.3) is 0 Å². The monoisotopic (exact) mass is 480 g/mol. The Hall–Kier alpha value is -3.80. The highest BCUT2D eigenvalue weighted by Gasteiger charge is 2.50. The van der Waals surface area contributed by atoms with E-state index in [0.717, 1.165) is 23.7 Å². The average Bonchev–Trinajstić information content (AvgIpc) is 3.24. The molecule has 0 saturated carbocycles. The van der Waals surface area contributed by atoms with Crippen LogP contribution < -0.4 is 20.7 Å². The fraction of sp³-hybridized carbons (Fsp3) is 0.273. The number of hydrogen-bond donors (Lipinski definition) is 2. The van der Waals surface area contributed by atoms with Gasteiger partial charge in [-0.3, -0.25) is 4.79 Å². The van der Waals surface area contributed by atoms with Gasteiger partial charge in [-0.05, 0) is 17.7 Å². The highest BCUT2D eigenvalue weighted by atomic mass is 32.2. The second-order valence-electron chi connectivity index (χ2n) is 7.94. The molecule has 2 atom stereocenters. The molecule has 5 rings (SSSR count). The summed E-state index contributed by atoms with van der Waals surface area (Å²) in [5.41, 5.74) is 7.18. The SMILES string of the molecule is COc1cnc(C(=O)Nc2cccc(C34CN(c5ncc(F)cn5)C[C@H]3CSC(N)=N4)c2)cn1. The Balaban J connectivity index is 1.44. The first-order valence-corrected chi connectivity index (χ1v) is 11.4. The van der Waals surface area contributed by atoms with Gasteiger partial charge in [0.2, 0.25) is 11.8 Å². The number of rotatable bonds is 5. The lowest BCUT2D eigenvalue weighted by atomic mass is 9.81. The van der Waals surface area contributed by atoms with Crippen molar-refractivity contribution in [2.75, 3.05) is 36.2 Å². The maximum atomic E-state index is 13.3. The number of nitrogens with two attached hydrogens (primary N) is 1. The summed E-state index contributed by atoms with van der Waals surface area (Å²) in [6, 6.07) is 7.52. The van der Waals surface area contributed by atoms with Crippen LogP contribution in [-0.2, 0) is 5.54 Å². The minimum Gasteiger partial charge on any atom is -0.480 e. The van der Waals surface area contributed by atoms with Crippen LogP contribution in [0.2, 0.25) is 0 Å². The van der Waals surface area contributed by atoms with Crippen molar-refractivity contribution < 1.29 is 13.9 Å². The molecule has 12 heteroatoms. The number of carbonyl (C=O) groups is 1. The molecule has 2 aliphatic rings. The smallest absolute Gasteiger partial charge is 0.275 e. The largest absolute Gasteiger partial charge is 0.480 e. The van der Waals surface area contributed by atoms with E-state index in [0.29, 0.717) is 35.8 Å². The van der Waals surface area contributed by atoms with Crippen molar-refractivity contribution in [3.05, 3.63) is 66.1 Å². The number of carbonyl (C=O) groups excluding carboxylic acids is 1. The minimum absolute atomic E-state index is 0.122. The number of ether oxygens (including phenoxy) is 1. The zero-order valence-electron chi connectivity index (χ0n) is 18.2. The normalized spacial score (nSPS) is 21.5. The van der Waals surface area contributed by atoms with Crippen LogP contribution in [0.15, 0.2) is 54.0 Å². The van der Waals surface area contributed by atoms with Gasteiger partial charge in [0.1, 0.15) is 11.2 Å². The van der Waals surface area contributed by atoms with Gasteiger partial charge in [-0.15, -0.1) is 0 Å². The van der Waals surface area contributed by atoms with Gasteiger partial charge in [0.05, 0.1) is 38.4 Å². The molecule has 174 valence electrons. The predicted molar refractivity (Wildman–Crippen MR) is 126 cm³/mol. The highest BCUT2D eigenvalue weighted by molar-refractivity contribution is 8.13. The summed E-state index contributed by atoms with van der Waals surface area (Å²) in [6.07, 6.45) is 5.05. The quantitative estimate of drug-likeness (QED) is 0.563. The number of aliphatic imine (C=N–C) groups is 1. The summed E-state index contributed by atoms with van der Waals surface area (Å²) in [7, 11) is 1.48. The van der Waals surface area contributed by atoms with Crippen LogP contribution in [0, 0.1) is 11.7 Å². The van der Waals surface area contributed by atoms with Crippen LogP contribution in [0.1, 0.15) is 16.1 Å². The minimum atomic E-state index is -0.645. The lowest BCUT2D eigenvalue weighted by Crippen LogP contribution is -2.40. The molecule has 1 unspecified atom stereocenters. The summed E-state index contributed by atoms with van der Waals surface area (Å²) >= 11 is 1.51.